The van der Waals surface area contributed by atoms with Gasteiger partial charge in [-0.1, -0.05) is 24.6 Å². The van der Waals surface area contributed by atoms with Gasteiger partial charge < -0.3 is 14.7 Å². The van der Waals surface area contributed by atoms with Crippen LogP contribution in [0.5, 0.6) is 0 Å². The standard InChI is InChI=1S/C21H26ClN5O/c1-16-6-9-27(10-7-16)21-23-8-5-19(24-21)20(28)26-13-11-25(12-14-26)18-4-2-3-17(22)15-18/h2-5,8,15-16H,6-7,9-14H2,1H3. The van der Waals surface area contributed by atoms with Crippen LogP contribution in [0.1, 0.15) is 30.3 Å². The van der Waals surface area contributed by atoms with Gasteiger partial charge in [-0.2, -0.15) is 0 Å². The van der Waals surface area contributed by atoms with E-state index in [1.807, 2.05) is 23.1 Å². The van der Waals surface area contributed by atoms with Gasteiger partial charge in [0.15, 0.2) is 0 Å². The first-order chi connectivity index (χ1) is 13.6. The van der Waals surface area contributed by atoms with E-state index in [-0.39, 0.29) is 5.91 Å². The number of hydrogen-bond acceptors (Lipinski definition) is 5. The largest absolute Gasteiger partial charge is 0.368 e. The zero-order valence-corrected chi connectivity index (χ0v) is 17.0. The molecule has 148 valence electrons. The Hall–Kier alpha value is -2.34. The summed E-state index contributed by atoms with van der Waals surface area (Å²) >= 11 is 6.10. The van der Waals surface area contributed by atoms with Gasteiger partial charge in [0.25, 0.3) is 5.91 Å². The highest BCUT2D eigenvalue weighted by Crippen LogP contribution is 2.22. The summed E-state index contributed by atoms with van der Waals surface area (Å²) in [6, 6.07) is 9.58. The molecule has 2 aromatic rings. The van der Waals surface area contributed by atoms with Crippen LogP contribution in [-0.2, 0) is 0 Å². The summed E-state index contributed by atoms with van der Waals surface area (Å²) in [7, 11) is 0. The molecular weight excluding hydrogens is 374 g/mol. The topological polar surface area (TPSA) is 52.6 Å². The maximum Gasteiger partial charge on any atom is 0.272 e. The molecule has 1 amide bonds. The molecule has 0 bridgehead atoms. The number of nitrogens with zero attached hydrogens (tertiary/aromatic N) is 5. The van der Waals surface area contributed by atoms with E-state index in [4.69, 9.17) is 11.6 Å². The van der Waals surface area contributed by atoms with Gasteiger partial charge in [0.1, 0.15) is 5.69 Å². The SMILES string of the molecule is CC1CCN(c2nccc(C(=O)N3CCN(c4cccc(Cl)c4)CC3)n2)CC1. The minimum Gasteiger partial charge on any atom is -0.368 e. The quantitative estimate of drug-likeness (QED) is 0.792. The number of aromatic nitrogens is 2. The molecule has 7 heteroatoms. The fraction of sp³-hybridized carbons (Fsp3) is 0.476. The number of piperazine rings is 1. The van der Waals surface area contributed by atoms with Crippen molar-refractivity contribution in [1.82, 2.24) is 14.9 Å². The first kappa shape index (κ1) is 19.0. The zero-order valence-electron chi connectivity index (χ0n) is 16.2. The molecule has 1 aromatic carbocycles. The molecule has 28 heavy (non-hydrogen) atoms. The van der Waals surface area contributed by atoms with Gasteiger partial charge in [-0.05, 0) is 43.0 Å². The number of piperidine rings is 1. The molecule has 0 atom stereocenters. The van der Waals surface area contributed by atoms with Crippen molar-refractivity contribution in [2.75, 3.05) is 49.1 Å². The van der Waals surface area contributed by atoms with Gasteiger partial charge >= 0.3 is 0 Å². The van der Waals surface area contributed by atoms with E-state index in [1.165, 1.54) is 0 Å². The van der Waals surface area contributed by atoms with Crippen molar-refractivity contribution < 1.29 is 4.79 Å². The molecule has 4 rings (SSSR count). The third-order valence-corrected chi connectivity index (χ3v) is 5.90. The summed E-state index contributed by atoms with van der Waals surface area (Å²) < 4.78 is 0. The molecule has 0 radical (unpaired) electrons. The Balaban J connectivity index is 1.39. The minimum absolute atomic E-state index is 0.0141. The van der Waals surface area contributed by atoms with E-state index in [1.54, 1.807) is 12.3 Å². The number of carbonyl (C=O) groups is 1. The number of rotatable bonds is 3. The molecule has 0 spiro atoms. The van der Waals surface area contributed by atoms with Crippen molar-refractivity contribution in [2.24, 2.45) is 5.92 Å². The van der Waals surface area contributed by atoms with Crippen LogP contribution in [0.15, 0.2) is 36.5 Å². The second-order valence-electron chi connectivity index (χ2n) is 7.67. The summed E-state index contributed by atoms with van der Waals surface area (Å²) in [6.45, 7) is 7.11. The Labute approximate surface area is 171 Å². The van der Waals surface area contributed by atoms with Crippen LogP contribution in [0.25, 0.3) is 0 Å². The first-order valence-electron chi connectivity index (χ1n) is 9.98. The average Bonchev–Trinajstić information content (AvgIpc) is 2.74. The maximum atomic E-state index is 13.0. The van der Waals surface area contributed by atoms with Crippen LogP contribution < -0.4 is 9.80 Å². The van der Waals surface area contributed by atoms with Gasteiger partial charge in [0.2, 0.25) is 5.95 Å². The summed E-state index contributed by atoms with van der Waals surface area (Å²) in [6.07, 6.45) is 4.00. The van der Waals surface area contributed by atoms with Crippen LogP contribution in [0.4, 0.5) is 11.6 Å². The summed E-state index contributed by atoms with van der Waals surface area (Å²) in [4.78, 5) is 28.3. The highest BCUT2D eigenvalue weighted by atomic mass is 35.5. The minimum atomic E-state index is -0.0141. The molecule has 3 heterocycles. The van der Waals surface area contributed by atoms with Crippen LogP contribution >= 0.6 is 11.6 Å². The molecule has 0 N–H and O–H groups in total. The van der Waals surface area contributed by atoms with Gasteiger partial charge in [-0.15, -0.1) is 0 Å². The molecule has 2 aliphatic rings. The van der Waals surface area contributed by atoms with E-state index in [0.29, 0.717) is 24.7 Å². The molecule has 1 aromatic heterocycles. The fourth-order valence-electron chi connectivity index (χ4n) is 3.83. The second-order valence-corrected chi connectivity index (χ2v) is 8.11. The summed E-state index contributed by atoms with van der Waals surface area (Å²) in [5.74, 6) is 1.41. The number of halogens is 1. The van der Waals surface area contributed by atoms with Crippen molar-refractivity contribution in [3.63, 3.8) is 0 Å². The van der Waals surface area contributed by atoms with Gasteiger partial charge in [-0.25, -0.2) is 9.97 Å². The van der Waals surface area contributed by atoms with Crippen molar-refractivity contribution in [2.45, 2.75) is 19.8 Å². The third-order valence-electron chi connectivity index (χ3n) is 5.67. The fourth-order valence-corrected chi connectivity index (χ4v) is 4.02. The van der Waals surface area contributed by atoms with E-state index < -0.39 is 0 Å². The number of hydrogen-bond donors (Lipinski definition) is 0. The lowest BCUT2D eigenvalue weighted by molar-refractivity contribution is 0.0740. The van der Waals surface area contributed by atoms with Crippen molar-refractivity contribution >= 4 is 29.1 Å². The summed E-state index contributed by atoms with van der Waals surface area (Å²) in [5.41, 5.74) is 1.59. The molecule has 2 saturated heterocycles. The van der Waals surface area contributed by atoms with Crippen molar-refractivity contribution in [3.05, 3.63) is 47.2 Å². The molecule has 2 fully saturated rings. The predicted octanol–water partition coefficient (Wildman–Crippen LogP) is 3.33. The molecule has 2 aliphatic heterocycles. The maximum absolute atomic E-state index is 13.0. The third kappa shape index (κ3) is 4.22. The van der Waals surface area contributed by atoms with Crippen molar-refractivity contribution in [1.29, 1.82) is 0 Å². The van der Waals surface area contributed by atoms with Crippen LogP contribution in [0.2, 0.25) is 5.02 Å². The molecule has 0 unspecified atom stereocenters. The average molecular weight is 400 g/mol. The molecular formula is C21H26ClN5O. The van der Waals surface area contributed by atoms with Crippen LogP contribution in [-0.4, -0.2) is 60.0 Å². The smallest absolute Gasteiger partial charge is 0.272 e. The molecule has 0 aliphatic carbocycles. The monoisotopic (exact) mass is 399 g/mol. The highest BCUT2D eigenvalue weighted by molar-refractivity contribution is 6.30. The number of anilines is 2. The first-order valence-corrected chi connectivity index (χ1v) is 10.4. The number of benzene rings is 1. The van der Waals surface area contributed by atoms with E-state index in [2.05, 4.69) is 32.8 Å². The highest BCUT2D eigenvalue weighted by Gasteiger charge is 2.25. The normalized spacial score (nSPS) is 18.4. The van der Waals surface area contributed by atoms with E-state index in [9.17, 15) is 4.79 Å². The lowest BCUT2D eigenvalue weighted by Gasteiger charge is -2.36. The Morgan fingerprint density at radius 2 is 1.79 bits per heavy atom. The van der Waals surface area contributed by atoms with Crippen molar-refractivity contribution in [3.8, 4) is 0 Å². The Bertz CT molecular complexity index is 829. The van der Waals surface area contributed by atoms with Crippen LogP contribution in [0, 0.1) is 5.92 Å². The van der Waals surface area contributed by atoms with E-state index in [0.717, 1.165) is 55.6 Å². The Morgan fingerprint density at radius 1 is 1.04 bits per heavy atom. The van der Waals surface area contributed by atoms with Gasteiger partial charge in [0.05, 0.1) is 0 Å². The lowest BCUT2D eigenvalue weighted by atomic mass is 10.00. The Kier molecular flexibility index (Phi) is 5.67. The molecule has 0 saturated carbocycles. The predicted molar refractivity (Wildman–Crippen MR) is 112 cm³/mol. The van der Waals surface area contributed by atoms with E-state index >= 15 is 0 Å². The molecule has 6 nitrogen and oxygen atoms in total. The Morgan fingerprint density at radius 3 is 2.50 bits per heavy atom. The number of amides is 1. The summed E-state index contributed by atoms with van der Waals surface area (Å²) in [5, 5.41) is 0.733. The lowest BCUT2D eigenvalue weighted by Crippen LogP contribution is -2.49. The van der Waals surface area contributed by atoms with Crippen LogP contribution in [0.3, 0.4) is 0 Å². The second kappa shape index (κ2) is 8.35. The number of carbonyl (C=O) groups excluding carboxylic acids is 1. The van der Waals surface area contributed by atoms with Gasteiger partial charge in [0, 0.05) is 56.2 Å². The zero-order chi connectivity index (χ0) is 19.5. The van der Waals surface area contributed by atoms with Gasteiger partial charge in [-0.3, -0.25) is 4.79 Å².